The standard InChI is InChI=1S/C12H11FO5/c1-17-11(15)9(12(16)18-2)10(14)7-3-5-8(13)6-4-7/h3-6,9H,1-2H3. The van der Waals surface area contributed by atoms with Crippen LogP contribution in [0, 0.1) is 11.7 Å². The van der Waals surface area contributed by atoms with E-state index < -0.39 is 29.5 Å². The Morgan fingerprint density at radius 2 is 1.44 bits per heavy atom. The maximum atomic E-state index is 12.7. The fraction of sp³-hybridized carbons (Fsp3) is 0.250. The molecule has 0 fully saturated rings. The van der Waals surface area contributed by atoms with Gasteiger partial charge in [-0.15, -0.1) is 0 Å². The Hall–Kier alpha value is -2.24. The number of esters is 2. The van der Waals surface area contributed by atoms with Crippen LogP contribution in [0.4, 0.5) is 4.39 Å². The molecule has 6 heteroatoms. The van der Waals surface area contributed by atoms with Gasteiger partial charge in [0.15, 0.2) is 5.78 Å². The highest BCUT2D eigenvalue weighted by Gasteiger charge is 2.36. The molecule has 5 nitrogen and oxygen atoms in total. The van der Waals surface area contributed by atoms with Gasteiger partial charge in [-0.25, -0.2) is 4.39 Å². The van der Waals surface area contributed by atoms with Crippen molar-refractivity contribution in [1.29, 1.82) is 0 Å². The first-order valence-corrected chi connectivity index (χ1v) is 4.96. The summed E-state index contributed by atoms with van der Waals surface area (Å²) in [5, 5.41) is 0. The van der Waals surface area contributed by atoms with Gasteiger partial charge >= 0.3 is 11.9 Å². The first kappa shape index (κ1) is 13.8. The summed E-state index contributed by atoms with van der Waals surface area (Å²) in [6, 6.07) is 4.46. The van der Waals surface area contributed by atoms with Crippen LogP contribution in [0.2, 0.25) is 0 Å². The molecule has 0 bridgehead atoms. The Labute approximate surface area is 102 Å². The SMILES string of the molecule is COC(=O)C(C(=O)OC)C(=O)c1ccc(F)cc1. The highest BCUT2D eigenvalue weighted by atomic mass is 19.1. The number of ketones is 1. The van der Waals surface area contributed by atoms with Crippen molar-refractivity contribution in [2.24, 2.45) is 5.92 Å². The molecule has 0 saturated heterocycles. The molecule has 0 saturated carbocycles. The Morgan fingerprint density at radius 3 is 1.83 bits per heavy atom. The number of carbonyl (C=O) groups is 3. The van der Waals surface area contributed by atoms with E-state index in [4.69, 9.17) is 0 Å². The van der Waals surface area contributed by atoms with Crippen LogP contribution in [0.25, 0.3) is 0 Å². The average Bonchev–Trinajstić information content (AvgIpc) is 2.39. The van der Waals surface area contributed by atoms with Crippen molar-refractivity contribution >= 4 is 17.7 Å². The van der Waals surface area contributed by atoms with Crippen LogP contribution < -0.4 is 0 Å². The van der Waals surface area contributed by atoms with Crippen LogP contribution in [0.5, 0.6) is 0 Å². The predicted molar refractivity (Wildman–Crippen MR) is 58.3 cm³/mol. The topological polar surface area (TPSA) is 69.7 Å². The molecule has 0 aliphatic rings. The van der Waals surface area contributed by atoms with Crippen LogP contribution >= 0.6 is 0 Å². The number of carbonyl (C=O) groups excluding carboxylic acids is 3. The van der Waals surface area contributed by atoms with E-state index in [1.54, 1.807) is 0 Å². The number of ether oxygens (including phenoxy) is 2. The maximum Gasteiger partial charge on any atom is 0.328 e. The van der Waals surface area contributed by atoms with E-state index in [-0.39, 0.29) is 5.56 Å². The second-order valence-corrected chi connectivity index (χ2v) is 3.35. The first-order valence-electron chi connectivity index (χ1n) is 4.96. The van der Waals surface area contributed by atoms with Crippen molar-refractivity contribution in [3.05, 3.63) is 35.6 Å². The van der Waals surface area contributed by atoms with E-state index in [0.717, 1.165) is 26.4 Å². The van der Waals surface area contributed by atoms with Crippen molar-refractivity contribution in [3.8, 4) is 0 Å². The Bertz CT molecular complexity index is 450. The molecule has 1 rings (SSSR count). The Morgan fingerprint density at radius 1 is 1.00 bits per heavy atom. The van der Waals surface area contributed by atoms with Gasteiger partial charge in [-0.05, 0) is 24.3 Å². The second kappa shape index (κ2) is 5.90. The monoisotopic (exact) mass is 254 g/mol. The van der Waals surface area contributed by atoms with Gasteiger partial charge in [0.2, 0.25) is 5.92 Å². The molecule has 0 aliphatic carbocycles. The molecule has 0 unspecified atom stereocenters. The zero-order valence-electron chi connectivity index (χ0n) is 9.81. The lowest BCUT2D eigenvalue weighted by Gasteiger charge is -2.11. The molecule has 0 aliphatic heterocycles. The number of halogens is 1. The molecule has 0 radical (unpaired) electrons. The van der Waals surface area contributed by atoms with Gasteiger partial charge in [-0.2, -0.15) is 0 Å². The summed E-state index contributed by atoms with van der Waals surface area (Å²) in [6.07, 6.45) is 0. The van der Waals surface area contributed by atoms with Crippen molar-refractivity contribution in [3.63, 3.8) is 0 Å². The average molecular weight is 254 g/mol. The largest absolute Gasteiger partial charge is 0.468 e. The van der Waals surface area contributed by atoms with E-state index in [0.29, 0.717) is 0 Å². The number of benzene rings is 1. The minimum absolute atomic E-state index is 0.0252. The smallest absolute Gasteiger partial charge is 0.328 e. The van der Waals surface area contributed by atoms with E-state index in [1.807, 2.05) is 0 Å². The fourth-order valence-electron chi connectivity index (χ4n) is 1.33. The van der Waals surface area contributed by atoms with Crippen molar-refractivity contribution in [2.45, 2.75) is 0 Å². The minimum atomic E-state index is -1.69. The summed E-state index contributed by atoms with van der Waals surface area (Å²) in [5.41, 5.74) is 0.0252. The lowest BCUT2D eigenvalue weighted by atomic mass is 9.98. The van der Waals surface area contributed by atoms with E-state index in [2.05, 4.69) is 9.47 Å². The van der Waals surface area contributed by atoms with E-state index in [9.17, 15) is 18.8 Å². The lowest BCUT2D eigenvalue weighted by molar-refractivity contribution is -0.155. The molecule has 1 aromatic carbocycles. The van der Waals surface area contributed by atoms with Crippen molar-refractivity contribution in [2.75, 3.05) is 14.2 Å². The van der Waals surface area contributed by atoms with Gasteiger partial charge in [-0.1, -0.05) is 0 Å². The second-order valence-electron chi connectivity index (χ2n) is 3.35. The molecule has 18 heavy (non-hydrogen) atoms. The summed E-state index contributed by atoms with van der Waals surface area (Å²) < 4.78 is 21.4. The number of hydrogen-bond acceptors (Lipinski definition) is 5. The number of methoxy groups -OCH3 is 2. The third-order valence-corrected chi connectivity index (χ3v) is 2.26. The summed E-state index contributed by atoms with van der Waals surface area (Å²) in [6.45, 7) is 0. The highest BCUT2D eigenvalue weighted by Crippen LogP contribution is 2.13. The molecule has 0 atom stereocenters. The molecule has 1 aromatic rings. The Kier molecular flexibility index (Phi) is 4.53. The normalized spacial score (nSPS) is 10.0. The molecular weight excluding hydrogens is 243 g/mol. The van der Waals surface area contributed by atoms with Crippen LogP contribution in [-0.2, 0) is 19.1 Å². The van der Waals surface area contributed by atoms with Crippen molar-refractivity contribution in [1.82, 2.24) is 0 Å². The zero-order valence-corrected chi connectivity index (χ0v) is 9.81. The van der Waals surface area contributed by atoms with Gasteiger partial charge in [0.1, 0.15) is 5.82 Å². The third-order valence-electron chi connectivity index (χ3n) is 2.26. The molecule has 96 valence electrons. The van der Waals surface area contributed by atoms with Crippen LogP contribution in [0.1, 0.15) is 10.4 Å². The van der Waals surface area contributed by atoms with Gasteiger partial charge in [0, 0.05) is 5.56 Å². The first-order chi connectivity index (χ1) is 8.51. The number of hydrogen-bond donors (Lipinski definition) is 0. The summed E-state index contributed by atoms with van der Waals surface area (Å²) in [4.78, 5) is 34.7. The zero-order chi connectivity index (χ0) is 13.7. The van der Waals surface area contributed by atoms with Crippen LogP contribution in [0.3, 0.4) is 0 Å². The van der Waals surface area contributed by atoms with E-state index in [1.165, 1.54) is 12.1 Å². The molecule has 0 N–H and O–H groups in total. The van der Waals surface area contributed by atoms with E-state index >= 15 is 0 Å². The van der Waals surface area contributed by atoms with Crippen LogP contribution in [-0.4, -0.2) is 31.9 Å². The Balaban J connectivity index is 3.06. The molecule has 0 aromatic heterocycles. The third kappa shape index (κ3) is 2.91. The number of Topliss-reactive ketones (excluding diaryl/α,β-unsaturated/α-hetero) is 1. The minimum Gasteiger partial charge on any atom is -0.468 e. The fourth-order valence-corrected chi connectivity index (χ4v) is 1.33. The summed E-state index contributed by atoms with van der Waals surface area (Å²) >= 11 is 0. The summed E-state index contributed by atoms with van der Waals surface area (Å²) in [5.74, 6) is -5.05. The molecular formula is C12H11FO5. The van der Waals surface area contributed by atoms with Gasteiger partial charge in [0.25, 0.3) is 0 Å². The highest BCUT2D eigenvalue weighted by molar-refractivity contribution is 6.20. The van der Waals surface area contributed by atoms with Crippen molar-refractivity contribution < 1.29 is 28.2 Å². The quantitative estimate of drug-likeness (QED) is 0.455. The molecule has 0 spiro atoms. The molecule has 0 heterocycles. The van der Waals surface area contributed by atoms with Gasteiger partial charge in [-0.3, -0.25) is 14.4 Å². The predicted octanol–water partition coefficient (Wildman–Crippen LogP) is 0.971. The van der Waals surface area contributed by atoms with Gasteiger partial charge < -0.3 is 9.47 Å². The van der Waals surface area contributed by atoms with Crippen LogP contribution in [0.15, 0.2) is 24.3 Å². The van der Waals surface area contributed by atoms with Gasteiger partial charge in [0.05, 0.1) is 14.2 Å². The maximum absolute atomic E-state index is 12.7. The lowest BCUT2D eigenvalue weighted by Crippen LogP contribution is -2.33. The molecule has 0 amide bonds. The summed E-state index contributed by atoms with van der Waals surface area (Å²) in [7, 11) is 2.10. The number of rotatable bonds is 4.